The number of hydrogen-bond donors (Lipinski definition) is 1. The van der Waals surface area contributed by atoms with E-state index < -0.39 is 43.7 Å². The Morgan fingerprint density at radius 3 is 2.07 bits per heavy atom. The summed E-state index contributed by atoms with van der Waals surface area (Å²) in [4.78, 5) is 11.8. The Hall–Kier alpha value is -1.61. The monoisotopic (exact) mass is 410 g/mol. The van der Waals surface area contributed by atoms with Gasteiger partial charge in [-0.15, -0.1) is 0 Å². The van der Waals surface area contributed by atoms with Crippen LogP contribution in [0.1, 0.15) is 31.4 Å². The zero-order valence-corrected chi connectivity index (χ0v) is 17.5. The molecule has 0 aromatic heterocycles. The highest BCUT2D eigenvalue weighted by atomic mass is 28.4. The van der Waals surface area contributed by atoms with Crippen molar-refractivity contribution in [1.29, 1.82) is 0 Å². The SMILES string of the molecule is COc1c(C(C)(C)CC(O[Si](C)(C)C)(C(=O)O)C(F)(F)F)ccc(C)c1F. The number of carboxylic acid groups (broad SMARTS) is 1. The molecule has 0 heterocycles. The van der Waals surface area contributed by atoms with E-state index in [0.29, 0.717) is 0 Å². The second-order valence-electron chi connectivity index (χ2n) is 8.18. The van der Waals surface area contributed by atoms with E-state index in [4.69, 9.17) is 9.16 Å². The summed E-state index contributed by atoms with van der Waals surface area (Å²) >= 11 is 0. The number of rotatable bonds is 7. The Bertz CT molecular complexity index is 711. The largest absolute Gasteiger partial charge is 0.493 e. The van der Waals surface area contributed by atoms with E-state index >= 15 is 0 Å². The standard InChI is InChI=1S/C18H26F4O4Si/c1-11-8-9-12(14(25-4)13(11)19)16(2,3)10-17(15(23)24,18(20,21)22)26-27(5,6)7/h8-9H,10H2,1-7H3,(H,23,24). The molecule has 1 atom stereocenters. The zero-order valence-electron chi connectivity index (χ0n) is 16.5. The Balaban J connectivity index is 3.61. The molecule has 1 N–H and O–H groups in total. The van der Waals surface area contributed by atoms with E-state index in [2.05, 4.69) is 0 Å². The number of benzene rings is 1. The van der Waals surface area contributed by atoms with E-state index in [-0.39, 0.29) is 16.9 Å². The lowest BCUT2D eigenvalue weighted by atomic mass is 9.74. The molecule has 1 aromatic carbocycles. The summed E-state index contributed by atoms with van der Waals surface area (Å²) in [5.74, 6) is -3.01. The van der Waals surface area contributed by atoms with Crippen LogP contribution in [0, 0.1) is 12.7 Å². The molecule has 0 bridgehead atoms. The lowest BCUT2D eigenvalue weighted by molar-refractivity contribution is -0.259. The third kappa shape index (κ3) is 4.81. The van der Waals surface area contributed by atoms with Crippen LogP contribution in [0.4, 0.5) is 17.6 Å². The molecule has 0 spiro atoms. The van der Waals surface area contributed by atoms with Crippen molar-refractivity contribution in [3.8, 4) is 5.75 Å². The van der Waals surface area contributed by atoms with Gasteiger partial charge in [0, 0.05) is 12.0 Å². The minimum absolute atomic E-state index is 0.141. The van der Waals surface area contributed by atoms with Crippen molar-refractivity contribution in [3.05, 3.63) is 29.1 Å². The number of hydrogen-bond acceptors (Lipinski definition) is 3. The van der Waals surface area contributed by atoms with Gasteiger partial charge in [-0.25, -0.2) is 9.18 Å². The topological polar surface area (TPSA) is 55.8 Å². The Morgan fingerprint density at radius 1 is 1.19 bits per heavy atom. The van der Waals surface area contributed by atoms with Gasteiger partial charge in [0.1, 0.15) is 0 Å². The zero-order chi connectivity index (χ0) is 21.4. The van der Waals surface area contributed by atoms with Gasteiger partial charge in [-0.2, -0.15) is 13.2 Å². The normalized spacial score (nSPS) is 15.4. The van der Waals surface area contributed by atoms with Crippen LogP contribution in [-0.4, -0.2) is 38.3 Å². The molecule has 1 rings (SSSR count). The molecule has 9 heteroatoms. The fourth-order valence-electron chi connectivity index (χ4n) is 3.06. The molecule has 0 amide bonds. The molecule has 27 heavy (non-hydrogen) atoms. The molecule has 0 radical (unpaired) electrons. The summed E-state index contributed by atoms with van der Waals surface area (Å²) in [6.07, 6.45) is -6.09. The molecule has 0 aliphatic heterocycles. The van der Waals surface area contributed by atoms with Gasteiger partial charge in [0.15, 0.2) is 19.9 Å². The van der Waals surface area contributed by atoms with Gasteiger partial charge < -0.3 is 14.3 Å². The second kappa shape index (κ2) is 7.42. The van der Waals surface area contributed by atoms with E-state index in [1.54, 1.807) is 0 Å². The summed E-state index contributed by atoms with van der Waals surface area (Å²) in [6.45, 7) is 8.77. The average molecular weight is 410 g/mol. The summed E-state index contributed by atoms with van der Waals surface area (Å²) in [5.41, 5.74) is -4.41. The molecule has 0 saturated carbocycles. The lowest BCUT2D eigenvalue weighted by Gasteiger charge is -2.42. The number of aliphatic carboxylic acids is 1. The number of alkyl halides is 3. The number of ether oxygens (including phenoxy) is 1. The maximum absolute atomic E-state index is 14.4. The fraction of sp³-hybridized carbons (Fsp3) is 0.611. The van der Waals surface area contributed by atoms with Gasteiger partial charge in [0.05, 0.1) is 7.11 Å². The highest BCUT2D eigenvalue weighted by molar-refractivity contribution is 6.70. The highest BCUT2D eigenvalue weighted by Gasteiger charge is 2.65. The molecule has 0 aliphatic rings. The minimum atomic E-state index is -5.16. The molecule has 4 nitrogen and oxygen atoms in total. The van der Waals surface area contributed by atoms with Gasteiger partial charge in [-0.1, -0.05) is 26.0 Å². The van der Waals surface area contributed by atoms with Crippen LogP contribution in [0.3, 0.4) is 0 Å². The fourth-order valence-corrected chi connectivity index (χ4v) is 4.38. The van der Waals surface area contributed by atoms with Crippen molar-refractivity contribution >= 4 is 14.3 Å². The van der Waals surface area contributed by atoms with Crippen LogP contribution in [0.25, 0.3) is 0 Å². The van der Waals surface area contributed by atoms with Crippen molar-refractivity contribution in [2.75, 3.05) is 7.11 Å². The number of methoxy groups -OCH3 is 1. The highest BCUT2D eigenvalue weighted by Crippen LogP contribution is 2.47. The molecular weight excluding hydrogens is 384 g/mol. The van der Waals surface area contributed by atoms with Crippen LogP contribution in [0.2, 0.25) is 19.6 Å². The van der Waals surface area contributed by atoms with Crippen LogP contribution < -0.4 is 4.74 Å². The molecule has 0 saturated heterocycles. The summed E-state index contributed by atoms with van der Waals surface area (Å²) in [6, 6.07) is 2.87. The average Bonchev–Trinajstić information content (AvgIpc) is 2.45. The number of carboxylic acids is 1. The first-order valence-corrected chi connectivity index (χ1v) is 11.7. The Labute approximate surface area is 157 Å². The summed E-state index contributed by atoms with van der Waals surface area (Å²) in [5, 5.41) is 9.53. The number of aryl methyl sites for hydroxylation is 1. The third-order valence-corrected chi connectivity index (χ3v) is 5.16. The van der Waals surface area contributed by atoms with Gasteiger partial charge in [-0.05, 0) is 37.5 Å². The molecular formula is C18H26F4O4Si. The number of carbonyl (C=O) groups is 1. The molecule has 154 valence electrons. The maximum Gasteiger partial charge on any atom is 0.427 e. The van der Waals surface area contributed by atoms with Gasteiger partial charge in [0.2, 0.25) is 0 Å². The first kappa shape index (κ1) is 23.4. The third-order valence-electron chi connectivity index (χ3n) is 4.20. The Kier molecular flexibility index (Phi) is 6.44. The van der Waals surface area contributed by atoms with Crippen molar-refractivity contribution in [2.45, 2.75) is 64.0 Å². The van der Waals surface area contributed by atoms with E-state index in [0.717, 1.165) is 0 Å². The predicted molar refractivity (Wildman–Crippen MR) is 96.2 cm³/mol. The number of halogens is 4. The van der Waals surface area contributed by atoms with E-state index in [1.807, 2.05) is 0 Å². The lowest BCUT2D eigenvalue weighted by Crippen LogP contribution is -2.60. The van der Waals surface area contributed by atoms with Crippen molar-refractivity contribution < 1.29 is 36.6 Å². The Morgan fingerprint density at radius 2 is 1.70 bits per heavy atom. The molecule has 1 aromatic rings. The van der Waals surface area contributed by atoms with Crippen molar-refractivity contribution in [2.24, 2.45) is 0 Å². The van der Waals surface area contributed by atoms with Gasteiger partial charge >= 0.3 is 12.1 Å². The first-order valence-electron chi connectivity index (χ1n) is 8.32. The maximum atomic E-state index is 14.4. The van der Waals surface area contributed by atoms with Crippen LogP contribution in [0.5, 0.6) is 5.75 Å². The smallest absolute Gasteiger partial charge is 0.427 e. The van der Waals surface area contributed by atoms with Gasteiger partial charge in [0.25, 0.3) is 5.60 Å². The predicted octanol–water partition coefficient (Wildman–Crippen LogP) is 5.05. The van der Waals surface area contributed by atoms with Crippen LogP contribution >= 0.6 is 0 Å². The quantitative estimate of drug-likeness (QED) is 0.505. The summed E-state index contributed by atoms with van der Waals surface area (Å²) in [7, 11) is -1.70. The second-order valence-corrected chi connectivity index (χ2v) is 12.6. The van der Waals surface area contributed by atoms with Crippen molar-refractivity contribution in [3.63, 3.8) is 0 Å². The molecule has 0 fully saturated rings. The van der Waals surface area contributed by atoms with E-state index in [9.17, 15) is 27.5 Å². The van der Waals surface area contributed by atoms with Crippen LogP contribution in [0.15, 0.2) is 12.1 Å². The van der Waals surface area contributed by atoms with Gasteiger partial charge in [-0.3, -0.25) is 0 Å². The molecule has 1 unspecified atom stereocenters. The van der Waals surface area contributed by atoms with E-state index in [1.165, 1.54) is 59.7 Å². The minimum Gasteiger partial charge on any atom is -0.493 e. The first-order chi connectivity index (χ1) is 12.0. The van der Waals surface area contributed by atoms with Crippen molar-refractivity contribution in [1.82, 2.24) is 0 Å². The van der Waals surface area contributed by atoms with Crippen LogP contribution in [-0.2, 0) is 14.6 Å². The summed E-state index contributed by atoms with van der Waals surface area (Å²) < 4.78 is 66.5. The molecule has 0 aliphatic carbocycles.